The molecule has 154 valence electrons. The molecule has 0 aliphatic carbocycles. The van der Waals surface area contributed by atoms with E-state index < -0.39 is 17.7 Å². The SMILES string of the molecule is O=C(C[C@@H](c1ccccc1C(F)(F)F)c1c[nH]c2ccccc12)NCc1ccco1. The van der Waals surface area contributed by atoms with Crippen molar-refractivity contribution >= 4 is 16.8 Å². The third-order valence-corrected chi connectivity index (χ3v) is 5.07. The number of nitrogens with one attached hydrogen (secondary N) is 2. The summed E-state index contributed by atoms with van der Waals surface area (Å²) < 4.78 is 46.3. The van der Waals surface area contributed by atoms with Gasteiger partial charge in [-0.3, -0.25) is 4.79 Å². The number of aromatic nitrogens is 1. The molecule has 0 saturated heterocycles. The maximum absolute atomic E-state index is 13.7. The lowest BCUT2D eigenvalue weighted by Gasteiger charge is -2.21. The number of furan rings is 1. The van der Waals surface area contributed by atoms with E-state index in [9.17, 15) is 18.0 Å². The van der Waals surface area contributed by atoms with Crippen LogP contribution in [0.4, 0.5) is 13.2 Å². The Hall–Kier alpha value is -3.48. The molecule has 30 heavy (non-hydrogen) atoms. The smallest absolute Gasteiger partial charge is 0.416 e. The highest BCUT2D eigenvalue weighted by molar-refractivity contribution is 5.86. The normalized spacial score (nSPS) is 12.8. The molecule has 0 fully saturated rings. The standard InChI is InChI=1S/C23H19F3N2O2/c24-23(25,26)20-9-3-1-7-16(20)18(12-22(29)28-13-15-6-5-11-30-15)19-14-27-21-10-4-2-8-17(19)21/h1-11,14,18,27H,12-13H2,(H,28,29)/t18-/m0/s1. The second kappa shape index (κ2) is 8.10. The molecule has 1 atom stereocenters. The van der Waals surface area contributed by atoms with E-state index >= 15 is 0 Å². The van der Waals surface area contributed by atoms with Gasteiger partial charge in [0.1, 0.15) is 5.76 Å². The summed E-state index contributed by atoms with van der Waals surface area (Å²) in [5.74, 6) is -0.558. The van der Waals surface area contributed by atoms with Crippen LogP contribution in [-0.2, 0) is 17.5 Å². The number of amides is 1. The highest BCUT2D eigenvalue weighted by Crippen LogP contribution is 2.40. The van der Waals surface area contributed by atoms with Gasteiger partial charge in [-0.1, -0.05) is 36.4 Å². The van der Waals surface area contributed by atoms with Crippen LogP contribution < -0.4 is 5.32 Å². The van der Waals surface area contributed by atoms with Crippen molar-refractivity contribution in [1.82, 2.24) is 10.3 Å². The van der Waals surface area contributed by atoms with Gasteiger partial charge < -0.3 is 14.7 Å². The molecular weight excluding hydrogens is 393 g/mol. The van der Waals surface area contributed by atoms with Gasteiger partial charge in [0, 0.05) is 29.4 Å². The van der Waals surface area contributed by atoms with Crippen LogP contribution in [0.5, 0.6) is 0 Å². The number of hydrogen-bond donors (Lipinski definition) is 2. The summed E-state index contributed by atoms with van der Waals surface area (Å²) in [6.07, 6.45) is -1.47. The predicted molar refractivity (Wildman–Crippen MR) is 107 cm³/mol. The molecule has 0 saturated carbocycles. The fourth-order valence-electron chi connectivity index (χ4n) is 3.69. The Kier molecular flexibility index (Phi) is 5.35. The molecule has 4 nitrogen and oxygen atoms in total. The molecule has 0 aliphatic heterocycles. The third kappa shape index (κ3) is 4.10. The van der Waals surface area contributed by atoms with Crippen molar-refractivity contribution in [2.45, 2.75) is 25.1 Å². The summed E-state index contributed by atoms with van der Waals surface area (Å²) >= 11 is 0. The van der Waals surface area contributed by atoms with Crippen molar-refractivity contribution in [3.05, 3.63) is 95.6 Å². The first-order valence-corrected chi connectivity index (χ1v) is 9.44. The van der Waals surface area contributed by atoms with E-state index in [-0.39, 0.29) is 24.4 Å². The van der Waals surface area contributed by atoms with Gasteiger partial charge in [0.25, 0.3) is 0 Å². The van der Waals surface area contributed by atoms with Crippen LogP contribution in [0.3, 0.4) is 0 Å². The van der Waals surface area contributed by atoms with Crippen LogP contribution in [0, 0.1) is 0 Å². The Balaban J connectivity index is 1.72. The predicted octanol–water partition coefficient (Wildman–Crippen LogP) is 5.62. The molecule has 0 spiro atoms. The molecule has 2 N–H and O–H groups in total. The molecule has 2 aromatic carbocycles. The van der Waals surface area contributed by atoms with Crippen molar-refractivity contribution in [1.29, 1.82) is 0 Å². The minimum absolute atomic E-state index is 0.0721. The highest BCUT2D eigenvalue weighted by Gasteiger charge is 2.36. The number of para-hydroxylation sites is 1. The zero-order chi connectivity index (χ0) is 21.1. The lowest BCUT2D eigenvalue weighted by molar-refractivity contribution is -0.138. The Morgan fingerprint density at radius 3 is 2.53 bits per heavy atom. The largest absolute Gasteiger partial charge is 0.467 e. The number of benzene rings is 2. The number of H-pyrrole nitrogens is 1. The van der Waals surface area contributed by atoms with Crippen LogP contribution in [-0.4, -0.2) is 10.9 Å². The second-order valence-corrected chi connectivity index (χ2v) is 6.99. The molecule has 0 bridgehead atoms. The number of halogens is 3. The molecule has 0 unspecified atom stereocenters. The quantitative estimate of drug-likeness (QED) is 0.432. The van der Waals surface area contributed by atoms with E-state index in [1.165, 1.54) is 18.4 Å². The Bertz CT molecular complexity index is 1150. The lowest BCUT2D eigenvalue weighted by Crippen LogP contribution is -2.25. The molecule has 2 heterocycles. The summed E-state index contributed by atoms with van der Waals surface area (Å²) in [6, 6.07) is 16.2. The monoisotopic (exact) mass is 412 g/mol. The molecule has 0 radical (unpaired) electrons. The Morgan fingerprint density at radius 2 is 1.77 bits per heavy atom. The Labute approximate surface area is 170 Å². The molecule has 4 rings (SSSR count). The number of rotatable bonds is 6. The van der Waals surface area contributed by atoms with Crippen LogP contribution in [0.1, 0.15) is 34.8 Å². The van der Waals surface area contributed by atoms with Crippen molar-refractivity contribution in [3.8, 4) is 0 Å². The van der Waals surface area contributed by atoms with Gasteiger partial charge >= 0.3 is 6.18 Å². The van der Waals surface area contributed by atoms with Gasteiger partial charge in [0.05, 0.1) is 18.4 Å². The fourth-order valence-corrected chi connectivity index (χ4v) is 3.69. The second-order valence-electron chi connectivity index (χ2n) is 6.99. The van der Waals surface area contributed by atoms with E-state index in [4.69, 9.17) is 4.42 Å². The van der Waals surface area contributed by atoms with Gasteiger partial charge in [-0.25, -0.2) is 0 Å². The van der Waals surface area contributed by atoms with E-state index in [1.54, 1.807) is 24.4 Å². The van der Waals surface area contributed by atoms with Crippen LogP contribution in [0.2, 0.25) is 0 Å². The molecule has 4 aromatic rings. The molecule has 7 heteroatoms. The third-order valence-electron chi connectivity index (χ3n) is 5.07. The molecule has 1 amide bonds. The zero-order valence-electron chi connectivity index (χ0n) is 15.9. The first kappa shape index (κ1) is 19.8. The molecular formula is C23H19F3N2O2. The maximum Gasteiger partial charge on any atom is 0.416 e. The van der Waals surface area contributed by atoms with Crippen molar-refractivity contribution in [2.24, 2.45) is 0 Å². The summed E-state index contributed by atoms with van der Waals surface area (Å²) in [5, 5.41) is 3.52. The van der Waals surface area contributed by atoms with E-state index in [0.717, 1.165) is 17.0 Å². The number of hydrogen-bond acceptors (Lipinski definition) is 2. The highest BCUT2D eigenvalue weighted by atomic mass is 19.4. The number of aromatic amines is 1. The average Bonchev–Trinajstić information content (AvgIpc) is 3.40. The summed E-state index contributed by atoms with van der Waals surface area (Å²) in [6.45, 7) is 0.174. The summed E-state index contributed by atoms with van der Waals surface area (Å²) in [4.78, 5) is 15.8. The summed E-state index contributed by atoms with van der Waals surface area (Å²) in [7, 11) is 0. The van der Waals surface area contributed by atoms with E-state index in [1.807, 2.05) is 24.3 Å². The van der Waals surface area contributed by atoms with Gasteiger partial charge in [-0.05, 0) is 35.4 Å². The fraction of sp³-hybridized carbons (Fsp3) is 0.174. The minimum atomic E-state index is -4.52. The summed E-state index contributed by atoms with van der Waals surface area (Å²) in [5.41, 5.74) is 0.787. The maximum atomic E-state index is 13.7. The van der Waals surface area contributed by atoms with E-state index in [2.05, 4.69) is 10.3 Å². The lowest BCUT2D eigenvalue weighted by atomic mass is 9.85. The van der Waals surface area contributed by atoms with Crippen LogP contribution in [0.25, 0.3) is 10.9 Å². The minimum Gasteiger partial charge on any atom is -0.467 e. The van der Waals surface area contributed by atoms with Gasteiger partial charge in [0.15, 0.2) is 0 Å². The number of fused-ring (bicyclic) bond motifs is 1. The number of alkyl halides is 3. The molecule has 2 aromatic heterocycles. The van der Waals surface area contributed by atoms with Crippen molar-refractivity contribution in [2.75, 3.05) is 0 Å². The number of carbonyl (C=O) groups excluding carboxylic acids is 1. The van der Waals surface area contributed by atoms with Crippen molar-refractivity contribution in [3.63, 3.8) is 0 Å². The topological polar surface area (TPSA) is 58.0 Å². The van der Waals surface area contributed by atoms with Gasteiger partial charge in [-0.2, -0.15) is 13.2 Å². The van der Waals surface area contributed by atoms with Crippen LogP contribution in [0.15, 0.2) is 77.5 Å². The average molecular weight is 412 g/mol. The van der Waals surface area contributed by atoms with Gasteiger partial charge in [0.2, 0.25) is 5.91 Å². The number of carbonyl (C=O) groups is 1. The molecule has 0 aliphatic rings. The van der Waals surface area contributed by atoms with Crippen LogP contribution >= 0.6 is 0 Å². The zero-order valence-corrected chi connectivity index (χ0v) is 15.9. The first-order chi connectivity index (χ1) is 14.4. The van der Waals surface area contributed by atoms with E-state index in [0.29, 0.717) is 11.3 Å². The first-order valence-electron chi connectivity index (χ1n) is 9.44. The van der Waals surface area contributed by atoms with Crippen molar-refractivity contribution < 1.29 is 22.4 Å². The van der Waals surface area contributed by atoms with Gasteiger partial charge in [-0.15, -0.1) is 0 Å². The Morgan fingerprint density at radius 1 is 1.00 bits per heavy atom.